The minimum absolute atomic E-state index is 0.802. The molecule has 0 atom stereocenters. The Balaban J connectivity index is 1.83. The Kier molecular flexibility index (Phi) is 5.46. The van der Waals surface area contributed by atoms with Crippen molar-refractivity contribution in [2.24, 2.45) is 0 Å². The van der Waals surface area contributed by atoms with E-state index in [0.717, 1.165) is 54.8 Å². The van der Waals surface area contributed by atoms with Crippen LogP contribution in [0.1, 0.15) is 44.5 Å². The van der Waals surface area contributed by atoms with Crippen LogP contribution in [0, 0.1) is 0 Å². The van der Waals surface area contributed by atoms with Crippen molar-refractivity contribution in [3.8, 4) is 0 Å². The maximum Gasteiger partial charge on any atom is 0.0853 e. The first-order valence-electron chi connectivity index (χ1n) is 7.38. The van der Waals surface area contributed by atoms with Gasteiger partial charge in [-0.1, -0.05) is 30.7 Å². The van der Waals surface area contributed by atoms with Gasteiger partial charge >= 0.3 is 0 Å². The molecule has 0 unspecified atom stereocenters. The number of nitrogens with one attached hydrogen (secondary N) is 1. The van der Waals surface area contributed by atoms with Crippen molar-refractivity contribution in [2.45, 2.75) is 58.5 Å². The summed E-state index contributed by atoms with van der Waals surface area (Å²) < 4.78 is 2.02. The number of aromatic nitrogens is 2. The molecule has 0 bridgehead atoms. The lowest BCUT2D eigenvalue weighted by atomic mass is 10.2. The highest BCUT2D eigenvalue weighted by atomic mass is 35.5. The third-order valence-electron chi connectivity index (χ3n) is 3.49. The van der Waals surface area contributed by atoms with Gasteiger partial charge in [-0.2, -0.15) is 5.10 Å². The van der Waals surface area contributed by atoms with Gasteiger partial charge in [-0.25, -0.2) is 0 Å². The molecule has 0 aromatic carbocycles. The van der Waals surface area contributed by atoms with Crippen LogP contribution in [0.4, 0.5) is 0 Å². The largest absolute Gasteiger partial charge is 0.314 e. The zero-order valence-corrected chi connectivity index (χ0v) is 12.7. The monoisotopic (exact) mass is 281 g/mol. The molecule has 3 nitrogen and oxygen atoms in total. The molecule has 0 spiro atoms. The molecule has 1 saturated carbocycles. The smallest absolute Gasteiger partial charge is 0.0853 e. The van der Waals surface area contributed by atoms with Crippen LogP contribution < -0.4 is 5.32 Å². The van der Waals surface area contributed by atoms with Crippen molar-refractivity contribution in [1.29, 1.82) is 0 Å². The first kappa shape index (κ1) is 14.6. The van der Waals surface area contributed by atoms with Crippen LogP contribution in [-0.4, -0.2) is 22.4 Å². The van der Waals surface area contributed by atoms with E-state index in [4.69, 9.17) is 11.6 Å². The molecule has 1 fully saturated rings. The van der Waals surface area contributed by atoms with Gasteiger partial charge in [-0.05, 0) is 39.2 Å². The van der Waals surface area contributed by atoms with Gasteiger partial charge in [0.05, 0.1) is 16.4 Å². The average molecular weight is 282 g/mol. The van der Waals surface area contributed by atoms with Crippen molar-refractivity contribution in [1.82, 2.24) is 15.1 Å². The molecule has 0 amide bonds. The van der Waals surface area contributed by atoms with Crippen molar-refractivity contribution >= 4 is 11.6 Å². The summed E-state index contributed by atoms with van der Waals surface area (Å²) in [5, 5.41) is 8.89. The van der Waals surface area contributed by atoms with Gasteiger partial charge in [0.2, 0.25) is 0 Å². The minimum Gasteiger partial charge on any atom is -0.314 e. The summed E-state index contributed by atoms with van der Waals surface area (Å²) in [6, 6.07) is 0.802. The number of nitrogens with zero attached hydrogens (tertiary/aromatic N) is 2. The van der Waals surface area contributed by atoms with Gasteiger partial charge < -0.3 is 5.32 Å². The summed E-state index contributed by atoms with van der Waals surface area (Å²) in [6.45, 7) is 6.17. The highest BCUT2D eigenvalue weighted by molar-refractivity contribution is 6.31. The van der Waals surface area contributed by atoms with Crippen LogP contribution in [-0.2, 0) is 19.4 Å². The molecule has 1 aliphatic rings. The van der Waals surface area contributed by atoms with Gasteiger partial charge in [-0.15, -0.1) is 0 Å². The molecule has 1 aromatic rings. The zero-order valence-electron chi connectivity index (χ0n) is 12.0. The van der Waals surface area contributed by atoms with E-state index in [1.807, 2.05) is 4.68 Å². The normalized spacial score (nSPS) is 15.5. The molecule has 1 aromatic heterocycles. The second-order valence-corrected chi connectivity index (χ2v) is 5.45. The van der Waals surface area contributed by atoms with E-state index < -0.39 is 0 Å². The Hall–Kier alpha value is -0.800. The van der Waals surface area contributed by atoms with Crippen molar-refractivity contribution in [2.75, 3.05) is 6.54 Å². The number of rotatable bonds is 8. The number of allylic oxidation sites excluding steroid dienone is 1. The number of hydrogen-bond acceptors (Lipinski definition) is 2. The van der Waals surface area contributed by atoms with Gasteiger partial charge in [0.15, 0.2) is 0 Å². The first-order valence-corrected chi connectivity index (χ1v) is 7.76. The predicted molar refractivity (Wildman–Crippen MR) is 80.8 cm³/mol. The Morgan fingerprint density at radius 3 is 2.79 bits per heavy atom. The van der Waals surface area contributed by atoms with Crippen molar-refractivity contribution < 1.29 is 0 Å². The molecular formula is C15H24ClN3. The van der Waals surface area contributed by atoms with Crippen LogP contribution in [0.2, 0.25) is 5.02 Å². The molecule has 0 aliphatic heterocycles. The van der Waals surface area contributed by atoms with E-state index >= 15 is 0 Å². The molecule has 1 heterocycles. The summed E-state index contributed by atoms with van der Waals surface area (Å²) >= 11 is 6.37. The predicted octanol–water partition coefficient (Wildman–Crippen LogP) is 3.36. The summed E-state index contributed by atoms with van der Waals surface area (Å²) in [6.07, 6.45) is 10.0. The van der Waals surface area contributed by atoms with Crippen molar-refractivity contribution in [3.63, 3.8) is 0 Å². The highest BCUT2D eigenvalue weighted by Gasteiger charge is 2.19. The second kappa shape index (κ2) is 7.11. The summed E-state index contributed by atoms with van der Waals surface area (Å²) in [4.78, 5) is 0. The lowest BCUT2D eigenvalue weighted by Gasteiger charge is -2.02. The Morgan fingerprint density at radius 1 is 1.37 bits per heavy atom. The maximum absolute atomic E-state index is 6.37. The third kappa shape index (κ3) is 4.08. The van der Waals surface area contributed by atoms with Gasteiger partial charge in [0, 0.05) is 19.0 Å². The molecule has 19 heavy (non-hydrogen) atoms. The van der Waals surface area contributed by atoms with Crippen molar-refractivity contribution in [3.05, 3.63) is 28.6 Å². The molecule has 1 N–H and O–H groups in total. The fraction of sp³-hybridized carbons (Fsp3) is 0.667. The first-order chi connectivity index (χ1) is 9.26. The highest BCUT2D eigenvalue weighted by Crippen LogP contribution is 2.22. The number of hydrogen-bond donors (Lipinski definition) is 1. The minimum atomic E-state index is 0.802. The molecule has 4 heteroatoms. The second-order valence-electron chi connectivity index (χ2n) is 5.07. The quantitative estimate of drug-likeness (QED) is 0.585. The number of aryl methyl sites for hydroxylation is 2. The SMILES string of the molecule is CCc1nn(CC)c(CC=CCCNC2CC2)c1Cl. The molecule has 1 aliphatic carbocycles. The lowest BCUT2D eigenvalue weighted by Crippen LogP contribution is -2.16. The van der Waals surface area contributed by atoms with Gasteiger partial charge in [0.25, 0.3) is 0 Å². The van der Waals surface area contributed by atoms with E-state index in [-0.39, 0.29) is 0 Å². The maximum atomic E-state index is 6.37. The van der Waals surface area contributed by atoms with Crippen LogP contribution >= 0.6 is 11.6 Å². The summed E-state index contributed by atoms with van der Waals surface area (Å²) in [5.41, 5.74) is 2.16. The van der Waals surface area contributed by atoms with Gasteiger partial charge in [-0.3, -0.25) is 4.68 Å². The summed E-state index contributed by atoms with van der Waals surface area (Å²) in [5.74, 6) is 0. The van der Waals surface area contributed by atoms with Crippen LogP contribution in [0.15, 0.2) is 12.2 Å². The molecular weight excluding hydrogens is 258 g/mol. The summed E-state index contributed by atoms with van der Waals surface area (Å²) in [7, 11) is 0. The molecule has 2 rings (SSSR count). The standard InChI is InChI=1S/C15H24ClN3/c1-3-13-15(16)14(19(4-2)18-13)8-6-5-7-11-17-12-9-10-12/h5-6,12,17H,3-4,7-11H2,1-2H3. The average Bonchev–Trinajstić information content (AvgIpc) is 3.19. The van der Waals surface area contributed by atoms with Gasteiger partial charge in [0.1, 0.15) is 0 Å². The Bertz CT molecular complexity index is 433. The molecule has 0 saturated heterocycles. The third-order valence-corrected chi connectivity index (χ3v) is 3.93. The fourth-order valence-electron chi connectivity index (χ4n) is 2.18. The van der Waals surface area contributed by atoms with Crippen LogP contribution in [0.3, 0.4) is 0 Å². The topological polar surface area (TPSA) is 29.9 Å². The zero-order chi connectivity index (χ0) is 13.7. The van der Waals surface area contributed by atoms with E-state index in [2.05, 4.69) is 36.4 Å². The van der Waals surface area contributed by atoms with Crippen LogP contribution in [0.5, 0.6) is 0 Å². The number of halogens is 1. The molecule has 0 radical (unpaired) electrons. The lowest BCUT2D eigenvalue weighted by molar-refractivity contribution is 0.622. The van der Waals surface area contributed by atoms with E-state index in [9.17, 15) is 0 Å². The van der Waals surface area contributed by atoms with E-state index in [1.54, 1.807) is 0 Å². The Morgan fingerprint density at radius 2 is 2.16 bits per heavy atom. The molecule has 106 valence electrons. The Labute approximate surface area is 121 Å². The fourth-order valence-corrected chi connectivity index (χ4v) is 2.53. The van der Waals surface area contributed by atoms with E-state index in [0.29, 0.717) is 0 Å². The van der Waals surface area contributed by atoms with E-state index in [1.165, 1.54) is 12.8 Å². The van der Waals surface area contributed by atoms with Crippen LogP contribution in [0.25, 0.3) is 0 Å².